The summed E-state index contributed by atoms with van der Waals surface area (Å²) in [5.41, 5.74) is -0.761. The molecule has 1 aliphatic heterocycles. The number of alkyl halides is 2. The number of rotatable bonds is 3. The molecule has 1 heterocycles. The molecular weight excluding hydrogens is 308 g/mol. The van der Waals surface area contributed by atoms with Crippen LogP contribution in [0.3, 0.4) is 0 Å². The Labute approximate surface area is 123 Å². The van der Waals surface area contributed by atoms with Gasteiger partial charge in [0.1, 0.15) is 5.60 Å². The lowest BCUT2D eigenvalue weighted by Gasteiger charge is -2.38. The molecule has 1 aliphatic rings. The third-order valence-electron chi connectivity index (χ3n) is 2.88. The maximum Gasteiger partial charge on any atom is 0.410 e. The van der Waals surface area contributed by atoms with E-state index in [-0.39, 0.29) is 13.0 Å². The van der Waals surface area contributed by atoms with Crippen molar-refractivity contribution in [3.63, 3.8) is 0 Å². The fourth-order valence-corrected chi connectivity index (χ4v) is 2.29. The van der Waals surface area contributed by atoms with E-state index in [0.29, 0.717) is 0 Å². The molecule has 1 fully saturated rings. The Morgan fingerprint density at radius 3 is 2.38 bits per heavy atom. The van der Waals surface area contributed by atoms with E-state index in [2.05, 4.69) is 4.18 Å². The molecule has 6 nitrogen and oxygen atoms in total. The van der Waals surface area contributed by atoms with Crippen LogP contribution >= 0.6 is 0 Å². The molecule has 0 radical (unpaired) electrons. The first-order valence-electron chi connectivity index (χ1n) is 6.50. The quantitative estimate of drug-likeness (QED) is 0.739. The number of piperidine rings is 1. The van der Waals surface area contributed by atoms with Crippen LogP contribution in [0.1, 0.15) is 27.2 Å². The molecule has 1 rings (SSSR count). The lowest BCUT2D eigenvalue weighted by Crippen LogP contribution is -2.53. The number of likely N-dealkylation sites (tertiary alicyclic amines) is 1. The van der Waals surface area contributed by atoms with Crippen molar-refractivity contribution in [2.75, 3.05) is 26.0 Å². The monoisotopic (exact) mass is 329 g/mol. The summed E-state index contributed by atoms with van der Waals surface area (Å²) < 4.78 is 59.1. The molecule has 0 bridgehead atoms. The molecule has 0 aromatic rings. The van der Waals surface area contributed by atoms with Crippen molar-refractivity contribution in [3.05, 3.63) is 0 Å². The van der Waals surface area contributed by atoms with Crippen LogP contribution in [0, 0.1) is 5.92 Å². The van der Waals surface area contributed by atoms with Crippen molar-refractivity contribution >= 4 is 16.2 Å². The van der Waals surface area contributed by atoms with Crippen molar-refractivity contribution in [1.82, 2.24) is 4.90 Å². The van der Waals surface area contributed by atoms with Crippen LogP contribution < -0.4 is 0 Å². The number of carbonyl (C=O) groups is 1. The smallest absolute Gasteiger partial charge is 0.410 e. The van der Waals surface area contributed by atoms with Crippen LogP contribution in [0.15, 0.2) is 0 Å². The van der Waals surface area contributed by atoms with Gasteiger partial charge in [-0.2, -0.15) is 8.42 Å². The highest BCUT2D eigenvalue weighted by Crippen LogP contribution is 2.34. The molecule has 1 amide bonds. The SMILES string of the molecule is CC(C)(C)OC(=O)N1CC[C@H](COS(C)(=O)=O)C(F)(F)C1. The summed E-state index contributed by atoms with van der Waals surface area (Å²) in [5, 5.41) is 0. The van der Waals surface area contributed by atoms with E-state index in [9.17, 15) is 22.0 Å². The predicted octanol–water partition coefficient (Wildman–Crippen LogP) is 1.85. The van der Waals surface area contributed by atoms with Crippen LogP contribution in [0.5, 0.6) is 0 Å². The van der Waals surface area contributed by atoms with Crippen LogP contribution in [-0.2, 0) is 19.0 Å². The van der Waals surface area contributed by atoms with Crippen LogP contribution in [0.4, 0.5) is 13.6 Å². The van der Waals surface area contributed by atoms with Gasteiger partial charge < -0.3 is 9.64 Å². The minimum Gasteiger partial charge on any atom is -0.444 e. The average Bonchev–Trinajstić information content (AvgIpc) is 2.22. The van der Waals surface area contributed by atoms with Gasteiger partial charge in [-0.1, -0.05) is 0 Å². The first-order valence-corrected chi connectivity index (χ1v) is 8.32. The van der Waals surface area contributed by atoms with E-state index in [1.165, 1.54) is 0 Å². The van der Waals surface area contributed by atoms with E-state index in [4.69, 9.17) is 4.74 Å². The number of nitrogens with zero attached hydrogens (tertiary/aromatic N) is 1. The summed E-state index contributed by atoms with van der Waals surface area (Å²) in [6, 6.07) is 0. The highest BCUT2D eigenvalue weighted by atomic mass is 32.2. The molecule has 1 saturated heterocycles. The van der Waals surface area contributed by atoms with Gasteiger partial charge in [0.25, 0.3) is 16.0 Å². The van der Waals surface area contributed by atoms with Crippen molar-refractivity contribution < 1.29 is 30.9 Å². The van der Waals surface area contributed by atoms with Crippen LogP contribution in [0.25, 0.3) is 0 Å². The second-order valence-electron chi connectivity index (χ2n) is 6.14. The molecule has 0 saturated carbocycles. The number of halogens is 2. The van der Waals surface area contributed by atoms with Crippen LogP contribution in [0.2, 0.25) is 0 Å². The molecule has 9 heteroatoms. The topological polar surface area (TPSA) is 72.9 Å². The third kappa shape index (κ3) is 6.13. The van der Waals surface area contributed by atoms with E-state index in [0.717, 1.165) is 11.2 Å². The molecule has 0 N–H and O–H groups in total. The van der Waals surface area contributed by atoms with Gasteiger partial charge in [0.15, 0.2) is 0 Å². The average molecular weight is 329 g/mol. The second kappa shape index (κ2) is 6.04. The molecular formula is C12H21F2NO5S. The Morgan fingerprint density at radius 2 is 1.95 bits per heavy atom. The Balaban J connectivity index is 2.64. The molecule has 0 aromatic carbocycles. The summed E-state index contributed by atoms with van der Waals surface area (Å²) >= 11 is 0. The summed E-state index contributed by atoms with van der Waals surface area (Å²) in [5.74, 6) is -4.47. The number of hydrogen-bond acceptors (Lipinski definition) is 5. The lowest BCUT2D eigenvalue weighted by atomic mass is 9.94. The summed E-state index contributed by atoms with van der Waals surface area (Å²) in [4.78, 5) is 12.7. The largest absolute Gasteiger partial charge is 0.444 e. The van der Waals surface area contributed by atoms with Gasteiger partial charge in [0.05, 0.1) is 25.3 Å². The Morgan fingerprint density at radius 1 is 1.38 bits per heavy atom. The van der Waals surface area contributed by atoms with Gasteiger partial charge >= 0.3 is 6.09 Å². The van der Waals surface area contributed by atoms with Gasteiger partial charge in [-0.3, -0.25) is 4.18 Å². The Bertz CT molecular complexity index is 486. The number of carbonyl (C=O) groups excluding carboxylic acids is 1. The first kappa shape index (κ1) is 18.1. The fourth-order valence-electron chi connectivity index (χ4n) is 1.88. The molecule has 21 heavy (non-hydrogen) atoms. The van der Waals surface area contributed by atoms with Crippen molar-refractivity contribution in [2.24, 2.45) is 5.92 Å². The zero-order valence-electron chi connectivity index (χ0n) is 12.6. The molecule has 0 unspecified atom stereocenters. The van der Waals surface area contributed by atoms with E-state index in [1.807, 2.05) is 0 Å². The summed E-state index contributed by atoms with van der Waals surface area (Å²) in [6.07, 6.45) is -0.0485. The number of ether oxygens (including phenoxy) is 1. The zero-order valence-corrected chi connectivity index (χ0v) is 13.4. The van der Waals surface area contributed by atoms with Crippen molar-refractivity contribution in [1.29, 1.82) is 0 Å². The second-order valence-corrected chi connectivity index (χ2v) is 7.78. The van der Waals surface area contributed by atoms with E-state index < -0.39 is 46.8 Å². The van der Waals surface area contributed by atoms with Gasteiger partial charge in [0.2, 0.25) is 0 Å². The van der Waals surface area contributed by atoms with Gasteiger partial charge in [-0.05, 0) is 27.2 Å². The minimum atomic E-state index is -3.77. The van der Waals surface area contributed by atoms with Crippen molar-refractivity contribution in [2.45, 2.75) is 38.7 Å². The lowest BCUT2D eigenvalue weighted by molar-refractivity contribution is -0.119. The fraction of sp³-hybridized carbons (Fsp3) is 0.917. The molecule has 0 aromatic heterocycles. The van der Waals surface area contributed by atoms with Gasteiger partial charge in [-0.25, -0.2) is 13.6 Å². The minimum absolute atomic E-state index is 0.0538. The highest BCUT2D eigenvalue weighted by Gasteiger charge is 2.47. The highest BCUT2D eigenvalue weighted by molar-refractivity contribution is 7.85. The third-order valence-corrected chi connectivity index (χ3v) is 3.45. The van der Waals surface area contributed by atoms with Crippen molar-refractivity contribution in [3.8, 4) is 0 Å². The predicted molar refractivity (Wildman–Crippen MR) is 71.7 cm³/mol. The summed E-state index contributed by atoms with van der Waals surface area (Å²) in [7, 11) is -3.77. The molecule has 1 atom stereocenters. The normalized spacial score (nSPS) is 23.0. The van der Waals surface area contributed by atoms with Gasteiger partial charge in [0, 0.05) is 6.54 Å². The number of hydrogen-bond donors (Lipinski definition) is 0. The maximum atomic E-state index is 14.0. The molecule has 0 aliphatic carbocycles. The maximum absolute atomic E-state index is 14.0. The first-order chi connectivity index (χ1) is 9.30. The van der Waals surface area contributed by atoms with E-state index in [1.54, 1.807) is 20.8 Å². The molecule has 0 spiro atoms. The summed E-state index contributed by atoms with van der Waals surface area (Å²) in [6.45, 7) is 3.62. The van der Waals surface area contributed by atoms with Crippen LogP contribution in [-0.4, -0.2) is 56.9 Å². The zero-order chi connectivity index (χ0) is 16.5. The molecule has 124 valence electrons. The van der Waals surface area contributed by atoms with E-state index >= 15 is 0 Å². The standard InChI is InChI=1S/C12H21F2NO5S/c1-11(2,3)20-10(16)15-6-5-9(12(13,14)8-15)7-19-21(4,17)18/h9H,5-8H2,1-4H3/t9-/m1/s1. The Kier molecular flexibility index (Phi) is 5.20. The Hall–Kier alpha value is -0.960. The van der Waals surface area contributed by atoms with Gasteiger partial charge in [-0.15, -0.1) is 0 Å². The number of amides is 1.